The first-order valence-electron chi connectivity index (χ1n) is 6.70. The summed E-state index contributed by atoms with van der Waals surface area (Å²) in [5.74, 6) is 0. The van der Waals surface area contributed by atoms with Gasteiger partial charge in [-0.3, -0.25) is 0 Å². The van der Waals surface area contributed by atoms with E-state index in [0.29, 0.717) is 25.8 Å². The Balaban J connectivity index is 2.43. The number of hydrogen-bond donors (Lipinski definition) is 1. The zero-order valence-corrected chi connectivity index (χ0v) is 11.9. The van der Waals surface area contributed by atoms with E-state index in [1.807, 2.05) is 13.8 Å². The molecule has 1 rings (SSSR count). The fraction of sp³-hybridized carbons (Fsp3) is 0.600. The molecule has 0 bridgehead atoms. The second-order valence-corrected chi connectivity index (χ2v) is 4.38. The summed E-state index contributed by atoms with van der Waals surface area (Å²) >= 11 is 0. The monoisotopic (exact) mass is 251 g/mol. The van der Waals surface area contributed by atoms with Crippen LogP contribution in [0.5, 0.6) is 0 Å². The van der Waals surface area contributed by atoms with Gasteiger partial charge in [0.15, 0.2) is 6.29 Å². The van der Waals surface area contributed by atoms with Crippen molar-refractivity contribution >= 4 is 0 Å². The van der Waals surface area contributed by atoms with Crippen LogP contribution in [0.4, 0.5) is 0 Å². The molecule has 1 atom stereocenters. The fourth-order valence-electron chi connectivity index (χ4n) is 1.78. The van der Waals surface area contributed by atoms with E-state index in [1.165, 1.54) is 11.1 Å². The SMILES string of the molecule is CCOC(CN[C@H](C)c1ccc(C)cc1)OCC. The first-order chi connectivity index (χ1) is 8.67. The van der Waals surface area contributed by atoms with Crippen LogP contribution in [0.25, 0.3) is 0 Å². The van der Waals surface area contributed by atoms with Gasteiger partial charge >= 0.3 is 0 Å². The summed E-state index contributed by atoms with van der Waals surface area (Å²) in [6.07, 6.45) is -0.159. The molecule has 0 amide bonds. The van der Waals surface area contributed by atoms with Crippen molar-refractivity contribution < 1.29 is 9.47 Å². The summed E-state index contributed by atoms with van der Waals surface area (Å²) in [4.78, 5) is 0. The van der Waals surface area contributed by atoms with Crippen LogP contribution in [0.1, 0.15) is 37.9 Å². The summed E-state index contributed by atoms with van der Waals surface area (Å²) in [6, 6.07) is 8.88. The van der Waals surface area contributed by atoms with E-state index in [-0.39, 0.29) is 6.29 Å². The van der Waals surface area contributed by atoms with Gasteiger partial charge in [0.05, 0.1) is 0 Å². The highest BCUT2D eigenvalue weighted by Crippen LogP contribution is 2.13. The molecule has 0 radical (unpaired) electrons. The van der Waals surface area contributed by atoms with Crippen LogP contribution in [-0.4, -0.2) is 26.0 Å². The van der Waals surface area contributed by atoms with Crippen molar-refractivity contribution in [1.29, 1.82) is 0 Å². The lowest BCUT2D eigenvalue weighted by Crippen LogP contribution is -2.33. The van der Waals surface area contributed by atoms with Gasteiger partial charge in [-0.2, -0.15) is 0 Å². The number of nitrogens with one attached hydrogen (secondary N) is 1. The van der Waals surface area contributed by atoms with Crippen LogP contribution >= 0.6 is 0 Å². The standard InChI is InChI=1S/C15H25NO2/c1-5-17-15(18-6-2)11-16-13(4)14-9-7-12(3)8-10-14/h7-10,13,15-16H,5-6,11H2,1-4H3/t13-/m1/s1. The zero-order valence-electron chi connectivity index (χ0n) is 11.9. The Morgan fingerprint density at radius 2 is 1.61 bits per heavy atom. The van der Waals surface area contributed by atoms with Crippen molar-refractivity contribution in [3.63, 3.8) is 0 Å². The van der Waals surface area contributed by atoms with Gasteiger partial charge in [0.2, 0.25) is 0 Å². The molecule has 0 saturated heterocycles. The Hall–Kier alpha value is -0.900. The molecule has 0 heterocycles. The van der Waals surface area contributed by atoms with E-state index in [9.17, 15) is 0 Å². The predicted molar refractivity (Wildman–Crippen MR) is 74.6 cm³/mol. The predicted octanol–water partition coefficient (Wildman–Crippen LogP) is 3.04. The molecule has 18 heavy (non-hydrogen) atoms. The largest absolute Gasteiger partial charge is 0.352 e. The Morgan fingerprint density at radius 3 is 2.11 bits per heavy atom. The molecule has 102 valence electrons. The summed E-state index contributed by atoms with van der Waals surface area (Å²) in [7, 11) is 0. The molecule has 3 nitrogen and oxygen atoms in total. The Morgan fingerprint density at radius 1 is 1.06 bits per heavy atom. The lowest BCUT2D eigenvalue weighted by Gasteiger charge is -2.21. The van der Waals surface area contributed by atoms with Crippen molar-refractivity contribution in [3.8, 4) is 0 Å². The smallest absolute Gasteiger partial charge is 0.169 e. The van der Waals surface area contributed by atoms with Crippen molar-refractivity contribution in [1.82, 2.24) is 5.32 Å². The van der Waals surface area contributed by atoms with E-state index in [4.69, 9.17) is 9.47 Å². The second-order valence-electron chi connectivity index (χ2n) is 4.38. The lowest BCUT2D eigenvalue weighted by atomic mass is 10.1. The maximum absolute atomic E-state index is 5.50. The van der Waals surface area contributed by atoms with Crippen molar-refractivity contribution in [2.24, 2.45) is 0 Å². The summed E-state index contributed by atoms with van der Waals surface area (Å²) in [6.45, 7) is 10.3. The second kappa shape index (κ2) is 8.25. The first kappa shape index (κ1) is 15.2. The molecule has 1 N–H and O–H groups in total. The van der Waals surface area contributed by atoms with E-state index < -0.39 is 0 Å². The van der Waals surface area contributed by atoms with Gasteiger partial charge in [-0.25, -0.2) is 0 Å². The van der Waals surface area contributed by atoms with Crippen molar-refractivity contribution in [2.45, 2.75) is 40.0 Å². The molecule has 0 aromatic heterocycles. The Bertz CT molecular complexity index is 318. The summed E-state index contributed by atoms with van der Waals surface area (Å²) in [5, 5.41) is 3.44. The molecule has 1 aromatic rings. The zero-order chi connectivity index (χ0) is 13.4. The molecule has 0 unspecified atom stereocenters. The highest BCUT2D eigenvalue weighted by Gasteiger charge is 2.10. The molecular formula is C15H25NO2. The Kier molecular flexibility index (Phi) is 6.94. The molecule has 0 fully saturated rings. The van der Waals surface area contributed by atoms with Gasteiger partial charge in [0.25, 0.3) is 0 Å². The van der Waals surface area contributed by atoms with Gasteiger partial charge in [-0.15, -0.1) is 0 Å². The quantitative estimate of drug-likeness (QED) is 0.720. The number of hydrogen-bond acceptors (Lipinski definition) is 3. The number of aryl methyl sites for hydroxylation is 1. The highest BCUT2D eigenvalue weighted by molar-refractivity contribution is 5.23. The molecule has 0 spiro atoms. The minimum absolute atomic E-state index is 0.159. The van der Waals surface area contributed by atoms with Gasteiger partial charge < -0.3 is 14.8 Å². The average molecular weight is 251 g/mol. The average Bonchev–Trinajstić information content (AvgIpc) is 2.37. The molecular weight excluding hydrogens is 226 g/mol. The lowest BCUT2D eigenvalue weighted by molar-refractivity contribution is -0.133. The van der Waals surface area contributed by atoms with Crippen molar-refractivity contribution in [2.75, 3.05) is 19.8 Å². The minimum Gasteiger partial charge on any atom is -0.352 e. The van der Waals surface area contributed by atoms with Crippen LogP contribution in [0.2, 0.25) is 0 Å². The minimum atomic E-state index is -0.159. The molecule has 1 aromatic carbocycles. The first-order valence-corrected chi connectivity index (χ1v) is 6.70. The Labute approximate surface area is 110 Å². The molecule has 0 aliphatic rings. The van der Waals surface area contributed by atoms with Crippen LogP contribution in [0.15, 0.2) is 24.3 Å². The van der Waals surface area contributed by atoms with Gasteiger partial charge in [0.1, 0.15) is 0 Å². The van der Waals surface area contributed by atoms with Gasteiger partial charge in [0, 0.05) is 25.8 Å². The van der Waals surface area contributed by atoms with Crippen LogP contribution in [-0.2, 0) is 9.47 Å². The molecule has 0 aliphatic heterocycles. The van der Waals surface area contributed by atoms with Crippen LogP contribution in [0, 0.1) is 6.92 Å². The van der Waals surface area contributed by atoms with E-state index in [2.05, 4.69) is 43.4 Å². The molecule has 0 aliphatic carbocycles. The normalized spacial score (nSPS) is 12.9. The topological polar surface area (TPSA) is 30.5 Å². The van der Waals surface area contributed by atoms with E-state index in [1.54, 1.807) is 0 Å². The fourth-order valence-corrected chi connectivity index (χ4v) is 1.78. The number of ether oxygens (including phenoxy) is 2. The maximum atomic E-state index is 5.50. The number of benzene rings is 1. The maximum Gasteiger partial charge on any atom is 0.169 e. The van der Waals surface area contributed by atoms with E-state index >= 15 is 0 Å². The highest BCUT2D eigenvalue weighted by atomic mass is 16.7. The van der Waals surface area contributed by atoms with Gasteiger partial charge in [-0.1, -0.05) is 29.8 Å². The number of rotatable bonds is 8. The van der Waals surface area contributed by atoms with Gasteiger partial charge in [-0.05, 0) is 33.3 Å². The van der Waals surface area contributed by atoms with Crippen molar-refractivity contribution in [3.05, 3.63) is 35.4 Å². The summed E-state index contributed by atoms with van der Waals surface area (Å²) in [5.41, 5.74) is 2.57. The molecule has 0 saturated carbocycles. The third-order valence-electron chi connectivity index (χ3n) is 2.87. The summed E-state index contributed by atoms with van der Waals surface area (Å²) < 4.78 is 11.0. The van der Waals surface area contributed by atoms with Crippen LogP contribution < -0.4 is 5.32 Å². The third kappa shape index (κ3) is 5.17. The molecule has 3 heteroatoms. The van der Waals surface area contributed by atoms with Crippen LogP contribution in [0.3, 0.4) is 0 Å². The third-order valence-corrected chi connectivity index (χ3v) is 2.87. The van der Waals surface area contributed by atoms with E-state index in [0.717, 1.165) is 0 Å².